The SMILES string of the molecule is CCOC(=O)c1cccc(O)c1CCC(CC)C(=O)O. The van der Waals surface area contributed by atoms with Crippen molar-refractivity contribution in [3.05, 3.63) is 29.3 Å². The fourth-order valence-corrected chi connectivity index (χ4v) is 2.06. The van der Waals surface area contributed by atoms with Crippen molar-refractivity contribution in [1.29, 1.82) is 0 Å². The number of aromatic hydroxyl groups is 1. The van der Waals surface area contributed by atoms with Gasteiger partial charge in [0.1, 0.15) is 5.75 Å². The number of carboxylic acids is 1. The van der Waals surface area contributed by atoms with Gasteiger partial charge >= 0.3 is 11.9 Å². The van der Waals surface area contributed by atoms with Crippen LogP contribution in [0.1, 0.15) is 42.6 Å². The number of phenolic OH excluding ortho intramolecular Hbond substituents is 1. The Morgan fingerprint density at radius 3 is 2.55 bits per heavy atom. The van der Waals surface area contributed by atoms with Crippen LogP contribution in [-0.2, 0) is 16.0 Å². The smallest absolute Gasteiger partial charge is 0.338 e. The summed E-state index contributed by atoms with van der Waals surface area (Å²) in [4.78, 5) is 22.8. The van der Waals surface area contributed by atoms with E-state index in [0.717, 1.165) is 0 Å². The van der Waals surface area contributed by atoms with E-state index >= 15 is 0 Å². The third-order valence-electron chi connectivity index (χ3n) is 3.23. The highest BCUT2D eigenvalue weighted by atomic mass is 16.5. The van der Waals surface area contributed by atoms with Crippen LogP contribution in [0, 0.1) is 5.92 Å². The van der Waals surface area contributed by atoms with Gasteiger partial charge in [-0.3, -0.25) is 4.79 Å². The molecule has 5 heteroatoms. The lowest BCUT2D eigenvalue weighted by Crippen LogP contribution is -2.15. The minimum Gasteiger partial charge on any atom is -0.508 e. The molecule has 0 aliphatic carbocycles. The standard InChI is InChI=1S/C15H20O5/c1-3-10(14(17)18)8-9-11-12(15(19)20-4-2)6-5-7-13(11)16/h5-7,10,16H,3-4,8-9H2,1-2H3,(H,17,18). The van der Waals surface area contributed by atoms with Crippen molar-refractivity contribution in [3.63, 3.8) is 0 Å². The molecule has 0 bridgehead atoms. The highest BCUT2D eigenvalue weighted by molar-refractivity contribution is 5.91. The van der Waals surface area contributed by atoms with Gasteiger partial charge in [-0.1, -0.05) is 13.0 Å². The maximum Gasteiger partial charge on any atom is 0.338 e. The number of hydrogen-bond donors (Lipinski definition) is 2. The number of esters is 1. The summed E-state index contributed by atoms with van der Waals surface area (Å²) in [6, 6.07) is 4.63. The molecule has 0 saturated carbocycles. The molecule has 1 aromatic carbocycles. The van der Waals surface area contributed by atoms with E-state index in [0.29, 0.717) is 30.4 Å². The van der Waals surface area contributed by atoms with Gasteiger partial charge in [-0.15, -0.1) is 0 Å². The summed E-state index contributed by atoms with van der Waals surface area (Å²) >= 11 is 0. The zero-order valence-corrected chi connectivity index (χ0v) is 11.8. The molecule has 1 rings (SSSR count). The quantitative estimate of drug-likeness (QED) is 0.750. The van der Waals surface area contributed by atoms with Crippen LogP contribution in [0.3, 0.4) is 0 Å². The molecule has 0 fully saturated rings. The highest BCUT2D eigenvalue weighted by Crippen LogP contribution is 2.25. The van der Waals surface area contributed by atoms with E-state index in [-0.39, 0.29) is 12.4 Å². The number of ether oxygens (including phenoxy) is 1. The molecule has 0 aliphatic rings. The van der Waals surface area contributed by atoms with Crippen LogP contribution in [0.15, 0.2) is 18.2 Å². The topological polar surface area (TPSA) is 83.8 Å². The van der Waals surface area contributed by atoms with Gasteiger partial charge in [-0.2, -0.15) is 0 Å². The van der Waals surface area contributed by atoms with E-state index in [2.05, 4.69) is 0 Å². The number of carboxylic acid groups (broad SMARTS) is 1. The number of carbonyl (C=O) groups is 2. The van der Waals surface area contributed by atoms with Crippen LogP contribution < -0.4 is 0 Å². The van der Waals surface area contributed by atoms with Crippen molar-refractivity contribution in [2.75, 3.05) is 6.61 Å². The number of aliphatic carboxylic acids is 1. The van der Waals surface area contributed by atoms with Gasteiger partial charge in [0.2, 0.25) is 0 Å². The third-order valence-corrected chi connectivity index (χ3v) is 3.23. The molecular formula is C15H20O5. The first kappa shape index (κ1) is 16.0. The molecule has 5 nitrogen and oxygen atoms in total. The first-order chi connectivity index (χ1) is 9.51. The molecule has 0 aromatic heterocycles. The van der Waals surface area contributed by atoms with E-state index in [9.17, 15) is 14.7 Å². The van der Waals surface area contributed by atoms with Crippen LogP contribution >= 0.6 is 0 Å². The first-order valence-corrected chi connectivity index (χ1v) is 6.72. The van der Waals surface area contributed by atoms with Gasteiger partial charge in [-0.05, 0) is 38.3 Å². The molecule has 0 radical (unpaired) electrons. The lowest BCUT2D eigenvalue weighted by Gasteiger charge is -2.13. The van der Waals surface area contributed by atoms with Crippen molar-refractivity contribution >= 4 is 11.9 Å². The zero-order valence-electron chi connectivity index (χ0n) is 11.8. The maximum absolute atomic E-state index is 11.8. The summed E-state index contributed by atoms with van der Waals surface area (Å²) in [5.74, 6) is -1.84. The number of phenols is 1. The number of carbonyl (C=O) groups excluding carboxylic acids is 1. The van der Waals surface area contributed by atoms with Crippen LogP contribution in [0.5, 0.6) is 5.75 Å². The van der Waals surface area contributed by atoms with Gasteiger partial charge in [0, 0.05) is 5.56 Å². The lowest BCUT2D eigenvalue weighted by molar-refractivity contribution is -0.142. The lowest BCUT2D eigenvalue weighted by atomic mass is 9.94. The monoisotopic (exact) mass is 280 g/mol. The van der Waals surface area contributed by atoms with Crippen molar-refractivity contribution in [2.24, 2.45) is 5.92 Å². The van der Waals surface area contributed by atoms with Crippen LogP contribution in [0.2, 0.25) is 0 Å². The van der Waals surface area contributed by atoms with Gasteiger partial charge in [0.15, 0.2) is 0 Å². The average Bonchev–Trinajstić information content (AvgIpc) is 2.40. The second-order valence-corrected chi connectivity index (χ2v) is 4.51. The van der Waals surface area contributed by atoms with Crippen LogP contribution in [0.25, 0.3) is 0 Å². The minimum absolute atomic E-state index is 0.00389. The fraction of sp³-hybridized carbons (Fsp3) is 0.467. The highest BCUT2D eigenvalue weighted by Gasteiger charge is 2.19. The van der Waals surface area contributed by atoms with Gasteiger partial charge in [-0.25, -0.2) is 4.79 Å². The van der Waals surface area contributed by atoms with E-state index in [1.165, 1.54) is 6.07 Å². The second-order valence-electron chi connectivity index (χ2n) is 4.51. The molecule has 0 amide bonds. The molecule has 1 atom stereocenters. The van der Waals surface area contributed by atoms with Crippen molar-refractivity contribution in [1.82, 2.24) is 0 Å². The molecule has 2 N–H and O–H groups in total. The number of rotatable bonds is 7. The molecule has 0 spiro atoms. The molecule has 0 heterocycles. The normalized spacial score (nSPS) is 11.9. The molecule has 110 valence electrons. The Hall–Kier alpha value is -2.04. The van der Waals surface area contributed by atoms with Gasteiger partial charge in [0.05, 0.1) is 18.1 Å². The first-order valence-electron chi connectivity index (χ1n) is 6.72. The minimum atomic E-state index is -0.861. The van der Waals surface area contributed by atoms with E-state index in [1.54, 1.807) is 26.0 Å². The van der Waals surface area contributed by atoms with Gasteiger partial charge < -0.3 is 14.9 Å². The molecule has 1 unspecified atom stereocenters. The molecular weight excluding hydrogens is 260 g/mol. The summed E-state index contributed by atoms with van der Waals surface area (Å²) in [5, 5.41) is 18.9. The summed E-state index contributed by atoms with van der Waals surface area (Å²) in [5.41, 5.74) is 0.748. The Balaban J connectivity index is 2.93. The van der Waals surface area contributed by atoms with E-state index in [1.807, 2.05) is 0 Å². The zero-order chi connectivity index (χ0) is 15.1. The van der Waals surface area contributed by atoms with E-state index in [4.69, 9.17) is 9.84 Å². The maximum atomic E-state index is 11.8. The number of hydrogen-bond acceptors (Lipinski definition) is 4. The fourth-order valence-electron chi connectivity index (χ4n) is 2.06. The Labute approximate surface area is 118 Å². The van der Waals surface area contributed by atoms with Crippen molar-refractivity contribution in [2.45, 2.75) is 33.1 Å². The summed E-state index contributed by atoms with van der Waals surface area (Å²) in [6.07, 6.45) is 1.21. The van der Waals surface area contributed by atoms with Crippen molar-refractivity contribution < 1.29 is 24.5 Å². The summed E-state index contributed by atoms with van der Waals surface area (Å²) in [6.45, 7) is 3.76. The molecule has 0 aliphatic heterocycles. The Morgan fingerprint density at radius 1 is 1.30 bits per heavy atom. The molecule has 0 saturated heterocycles. The third kappa shape index (κ3) is 3.98. The van der Waals surface area contributed by atoms with E-state index < -0.39 is 17.9 Å². The molecule has 20 heavy (non-hydrogen) atoms. The number of benzene rings is 1. The average molecular weight is 280 g/mol. The Kier molecular flexibility index (Phi) is 6.03. The largest absolute Gasteiger partial charge is 0.508 e. The Morgan fingerprint density at radius 2 is 2.00 bits per heavy atom. The summed E-state index contributed by atoms with van der Waals surface area (Å²) in [7, 11) is 0. The molecule has 1 aromatic rings. The predicted molar refractivity (Wildman–Crippen MR) is 73.8 cm³/mol. The van der Waals surface area contributed by atoms with Crippen LogP contribution in [-0.4, -0.2) is 28.8 Å². The van der Waals surface area contributed by atoms with Gasteiger partial charge in [0.25, 0.3) is 0 Å². The van der Waals surface area contributed by atoms with Crippen molar-refractivity contribution in [3.8, 4) is 5.75 Å². The summed E-state index contributed by atoms with van der Waals surface area (Å²) < 4.78 is 4.94. The Bertz CT molecular complexity index is 481. The van der Waals surface area contributed by atoms with Crippen LogP contribution in [0.4, 0.5) is 0 Å². The second kappa shape index (κ2) is 7.53. The predicted octanol–water partition coefficient (Wildman–Crippen LogP) is 2.61.